The summed E-state index contributed by atoms with van der Waals surface area (Å²) in [4.78, 5) is 0. The van der Waals surface area contributed by atoms with Crippen molar-refractivity contribution in [3.63, 3.8) is 0 Å². The molecule has 2 aromatic rings. The highest BCUT2D eigenvalue weighted by Crippen LogP contribution is 2.24. The standard InChI is InChI=1S/C13H11N3O/c1-9-2-4-10(5-3-9)16-13(6-14)11-7-17-8-12(11)15-16/h2-5H,7-8H2,1H3. The lowest BCUT2D eigenvalue weighted by molar-refractivity contribution is 0.131. The summed E-state index contributed by atoms with van der Waals surface area (Å²) in [6.45, 7) is 3.03. The highest BCUT2D eigenvalue weighted by Gasteiger charge is 2.23. The molecule has 0 saturated carbocycles. The first-order chi connectivity index (χ1) is 8.29. The molecule has 84 valence electrons. The third-order valence-electron chi connectivity index (χ3n) is 2.94. The van der Waals surface area contributed by atoms with Crippen molar-refractivity contribution in [2.24, 2.45) is 0 Å². The minimum atomic E-state index is 0.490. The Labute approximate surface area is 99.1 Å². The van der Waals surface area contributed by atoms with Crippen LogP contribution in [0.1, 0.15) is 22.5 Å². The lowest BCUT2D eigenvalue weighted by Gasteiger charge is -2.04. The van der Waals surface area contributed by atoms with Gasteiger partial charge in [-0.05, 0) is 19.1 Å². The molecule has 0 radical (unpaired) electrons. The second-order valence-corrected chi connectivity index (χ2v) is 4.13. The number of hydrogen-bond acceptors (Lipinski definition) is 3. The van der Waals surface area contributed by atoms with Gasteiger partial charge in [0, 0.05) is 5.56 Å². The summed E-state index contributed by atoms with van der Waals surface area (Å²) < 4.78 is 6.98. The lowest BCUT2D eigenvalue weighted by Crippen LogP contribution is -2.02. The van der Waals surface area contributed by atoms with Gasteiger partial charge in [-0.2, -0.15) is 10.4 Å². The van der Waals surface area contributed by atoms with Gasteiger partial charge in [0.25, 0.3) is 0 Å². The van der Waals surface area contributed by atoms with Crippen LogP contribution in [0.5, 0.6) is 0 Å². The van der Waals surface area contributed by atoms with Crippen LogP contribution in [0.3, 0.4) is 0 Å². The SMILES string of the molecule is Cc1ccc(-n2nc3c(c2C#N)COC3)cc1. The largest absolute Gasteiger partial charge is 0.370 e. The maximum Gasteiger partial charge on any atom is 0.150 e. The van der Waals surface area contributed by atoms with E-state index in [1.165, 1.54) is 5.56 Å². The van der Waals surface area contributed by atoms with Gasteiger partial charge in [0.1, 0.15) is 11.8 Å². The predicted molar refractivity (Wildman–Crippen MR) is 61.5 cm³/mol. The summed E-state index contributed by atoms with van der Waals surface area (Å²) in [6.07, 6.45) is 0. The molecule has 0 fully saturated rings. The molecule has 0 aliphatic carbocycles. The first-order valence-electron chi connectivity index (χ1n) is 5.45. The van der Waals surface area contributed by atoms with E-state index >= 15 is 0 Å². The molecular formula is C13H11N3O. The highest BCUT2D eigenvalue weighted by atomic mass is 16.5. The van der Waals surface area contributed by atoms with E-state index in [1.807, 2.05) is 31.2 Å². The average Bonchev–Trinajstić information content (AvgIpc) is 2.89. The third-order valence-corrected chi connectivity index (χ3v) is 2.94. The monoisotopic (exact) mass is 225 g/mol. The summed E-state index contributed by atoms with van der Waals surface area (Å²) in [6, 6.07) is 10.2. The first kappa shape index (κ1) is 10.1. The minimum Gasteiger partial charge on any atom is -0.370 e. The maximum absolute atomic E-state index is 9.22. The lowest BCUT2D eigenvalue weighted by atomic mass is 10.2. The normalized spacial score (nSPS) is 13.4. The molecule has 17 heavy (non-hydrogen) atoms. The number of nitriles is 1. The van der Waals surface area contributed by atoms with Gasteiger partial charge in [0.15, 0.2) is 0 Å². The van der Waals surface area contributed by atoms with E-state index in [4.69, 9.17) is 4.74 Å². The molecule has 1 aliphatic rings. The van der Waals surface area contributed by atoms with E-state index in [2.05, 4.69) is 11.2 Å². The van der Waals surface area contributed by atoms with E-state index in [-0.39, 0.29) is 0 Å². The topological polar surface area (TPSA) is 50.8 Å². The van der Waals surface area contributed by atoms with Crippen molar-refractivity contribution >= 4 is 0 Å². The number of aromatic nitrogens is 2. The van der Waals surface area contributed by atoms with Crippen molar-refractivity contribution < 1.29 is 4.74 Å². The van der Waals surface area contributed by atoms with Crippen LogP contribution in [0.4, 0.5) is 0 Å². The summed E-state index contributed by atoms with van der Waals surface area (Å²) in [5.41, 5.74) is 4.49. The van der Waals surface area contributed by atoms with Crippen LogP contribution in [0.15, 0.2) is 24.3 Å². The molecule has 2 heterocycles. The van der Waals surface area contributed by atoms with E-state index in [0.29, 0.717) is 18.9 Å². The van der Waals surface area contributed by atoms with Gasteiger partial charge in [-0.25, -0.2) is 4.68 Å². The molecule has 1 aromatic carbocycles. The van der Waals surface area contributed by atoms with Gasteiger partial charge in [-0.3, -0.25) is 0 Å². The molecule has 3 rings (SSSR count). The second-order valence-electron chi connectivity index (χ2n) is 4.13. The van der Waals surface area contributed by atoms with E-state index in [0.717, 1.165) is 16.9 Å². The highest BCUT2D eigenvalue weighted by molar-refractivity contribution is 5.44. The molecular weight excluding hydrogens is 214 g/mol. The minimum absolute atomic E-state index is 0.490. The van der Waals surface area contributed by atoms with Crippen LogP contribution in [0, 0.1) is 18.3 Å². The average molecular weight is 225 g/mol. The van der Waals surface area contributed by atoms with Gasteiger partial charge >= 0.3 is 0 Å². The number of nitrogens with zero attached hydrogens (tertiary/aromatic N) is 3. The van der Waals surface area contributed by atoms with Crippen LogP contribution in [0.25, 0.3) is 5.69 Å². The van der Waals surface area contributed by atoms with Crippen LogP contribution < -0.4 is 0 Å². The van der Waals surface area contributed by atoms with Gasteiger partial charge in [-0.15, -0.1) is 0 Å². The Bertz CT molecular complexity index is 605. The molecule has 0 spiro atoms. The Morgan fingerprint density at radius 1 is 1.29 bits per heavy atom. The smallest absolute Gasteiger partial charge is 0.150 e. The van der Waals surface area contributed by atoms with Crippen molar-refractivity contribution in [2.45, 2.75) is 20.1 Å². The Kier molecular flexibility index (Phi) is 2.20. The zero-order valence-corrected chi connectivity index (χ0v) is 9.47. The molecule has 4 heteroatoms. The third kappa shape index (κ3) is 1.52. The number of aryl methyl sites for hydroxylation is 1. The fourth-order valence-electron chi connectivity index (χ4n) is 2.00. The van der Waals surface area contributed by atoms with Crippen LogP contribution in [0.2, 0.25) is 0 Å². The van der Waals surface area contributed by atoms with Crippen LogP contribution in [-0.4, -0.2) is 9.78 Å². The zero-order valence-electron chi connectivity index (χ0n) is 9.47. The van der Waals surface area contributed by atoms with E-state index in [1.54, 1.807) is 4.68 Å². The fraction of sp³-hybridized carbons (Fsp3) is 0.231. The zero-order chi connectivity index (χ0) is 11.8. The number of rotatable bonds is 1. The Morgan fingerprint density at radius 2 is 2.06 bits per heavy atom. The molecule has 0 unspecified atom stereocenters. The number of ether oxygens (including phenoxy) is 1. The maximum atomic E-state index is 9.22. The Balaban J connectivity index is 2.16. The summed E-state index contributed by atoms with van der Waals surface area (Å²) >= 11 is 0. The molecule has 0 bridgehead atoms. The second kappa shape index (κ2) is 3.72. The predicted octanol–water partition coefficient (Wildman–Crippen LogP) is 2.08. The molecule has 0 N–H and O–H groups in total. The quantitative estimate of drug-likeness (QED) is 0.746. The summed E-state index contributed by atoms with van der Waals surface area (Å²) in [5, 5.41) is 13.7. The molecule has 0 atom stereocenters. The van der Waals surface area contributed by atoms with Gasteiger partial charge < -0.3 is 4.74 Å². The Morgan fingerprint density at radius 3 is 2.76 bits per heavy atom. The fourth-order valence-corrected chi connectivity index (χ4v) is 2.00. The molecule has 1 aromatic heterocycles. The van der Waals surface area contributed by atoms with Crippen molar-refractivity contribution in [2.75, 3.05) is 0 Å². The Hall–Kier alpha value is -2.12. The van der Waals surface area contributed by atoms with Crippen molar-refractivity contribution in [3.05, 3.63) is 46.8 Å². The van der Waals surface area contributed by atoms with Gasteiger partial charge in [0.2, 0.25) is 0 Å². The van der Waals surface area contributed by atoms with Gasteiger partial charge in [-0.1, -0.05) is 17.7 Å². The summed E-state index contributed by atoms with van der Waals surface area (Å²) in [5.74, 6) is 0. The molecule has 1 aliphatic heterocycles. The van der Waals surface area contributed by atoms with Crippen molar-refractivity contribution in [3.8, 4) is 11.8 Å². The number of benzene rings is 1. The molecule has 0 saturated heterocycles. The molecule has 4 nitrogen and oxygen atoms in total. The molecule has 0 amide bonds. The van der Waals surface area contributed by atoms with E-state index in [9.17, 15) is 5.26 Å². The van der Waals surface area contributed by atoms with Gasteiger partial charge in [0.05, 0.1) is 24.6 Å². The van der Waals surface area contributed by atoms with Crippen molar-refractivity contribution in [1.82, 2.24) is 9.78 Å². The van der Waals surface area contributed by atoms with Crippen LogP contribution in [-0.2, 0) is 18.0 Å². The van der Waals surface area contributed by atoms with E-state index < -0.39 is 0 Å². The first-order valence-corrected chi connectivity index (χ1v) is 5.45. The number of fused-ring (bicyclic) bond motifs is 1. The summed E-state index contributed by atoms with van der Waals surface area (Å²) in [7, 11) is 0. The number of hydrogen-bond donors (Lipinski definition) is 0. The van der Waals surface area contributed by atoms with Crippen LogP contribution >= 0.6 is 0 Å². The van der Waals surface area contributed by atoms with Crippen molar-refractivity contribution in [1.29, 1.82) is 5.26 Å².